The van der Waals surface area contributed by atoms with Crippen LogP contribution in [0.1, 0.15) is 5.56 Å². The summed E-state index contributed by atoms with van der Waals surface area (Å²) in [5.74, 6) is -0.927. The van der Waals surface area contributed by atoms with Gasteiger partial charge in [0.25, 0.3) is 0 Å². The summed E-state index contributed by atoms with van der Waals surface area (Å²) in [6.07, 6.45) is 0. The second kappa shape index (κ2) is 6.07. The van der Waals surface area contributed by atoms with Crippen LogP contribution in [0.15, 0.2) is 36.4 Å². The highest BCUT2D eigenvalue weighted by atomic mass is 32.1. The zero-order valence-corrected chi connectivity index (χ0v) is 14.2. The number of rotatable bonds is 3. The van der Waals surface area contributed by atoms with Crippen LogP contribution in [-0.4, -0.2) is 24.0 Å². The second-order valence-corrected chi connectivity index (χ2v) is 7.17. The Bertz CT molecular complexity index is 966. The van der Waals surface area contributed by atoms with Crippen molar-refractivity contribution in [2.75, 3.05) is 23.3 Å². The summed E-state index contributed by atoms with van der Waals surface area (Å²) in [6, 6.07) is 9.16. The van der Waals surface area contributed by atoms with E-state index in [9.17, 15) is 13.6 Å². The Labute approximate surface area is 147 Å². The summed E-state index contributed by atoms with van der Waals surface area (Å²) >= 11 is 1.41. The van der Waals surface area contributed by atoms with E-state index in [-0.39, 0.29) is 23.5 Å². The molecule has 1 aromatic heterocycles. The van der Waals surface area contributed by atoms with Crippen LogP contribution in [0.4, 0.5) is 19.6 Å². The molecule has 0 radical (unpaired) electrons. The van der Waals surface area contributed by atoms with Gasteiger partial charge in [0.2, 0.25) is 5.91 Å². The standard InChI is InChI=1S/C18H15F2N3OS/c1-10-2-4-13(7-14(10)20)21-17(24)11-8-23(9-11)18-22-15-5-3-12(19)6-16(15)25-18/h2-7,11H,8-9H2,1H3,(H,21,24). The van der Waals surface area contributed by atoms with E-state index in [1.54, 1.807) is 25.1 Å². The van der Waals surface area contributed by atoms with Gasteiger partial charge in [0, 0.05) is 18.8 Å². The number of amides is 1. The highest BCUT2D eigenvalue weighted by Gasteiger charge is 2.34. The highest BCUT2D eigenvalue weighted by molar-refractivity contribution is 7.22. The van der Waals surface area contributed by atoms with Gasteiger partial charge in [0.15, 0.2) is 5.13 Å². The van der Waals surface area contributed by atoms with Gasteiger partial charge in [-0.1, -0.05) is 17.4 Å². The predicted molar refractivity (Wildman–Crippen MR) is 95.0 cm³/mol. The van der Waals surface area contributed by atoms with Crippen molar-refractivity contribution in [1.82, 2.24) is 4.98 Å². The van der Waals surface area contributed by atoms with Crippen molar-refractivity contribution in [3.63, 3.8) is 0 Å². The Morgan fingerprint density at radius 2 is 2.04 bits per heavy atom. The van der Waals surface area contributed by atoms with E-state index in [1.165, 1.54) is 29.5 Å². The molecular weight excluding hydrogens is 344 g/mol. The Morgan fingerprint density at radius 1 is 1.24 bits per heavy atom. The Hall–Kier alpha value is -2.54. The summed E-state index contributed by atoms with van der Waals surface area (Å²) in [7, 11) is 0. The van der Waals surface area contributed by atoms with Crippen LogP contribution in [0.5, 0.6) is 0 Å². The van der Waals surface area contributed by atoms with Gasteiger partial charge in [-0.25, -0.2) is 13.8 Å². The minimum atomic E-state index is -0.338. The monoisotopic (exact) mass is 359 g/mol. The summed E-state index contributed by atoms with van der Waals surface area (Å²) in [6.45, 7) is 2.76. The van der Waals surface area contributed by atoms with Crippen LogP contribution in [0.25, 0.3) is 10.2 Å². The van der Waals surface area contributed by atoms with Crippen LogP contribution >= 0.6 is 11.3 Å². The molecule has 4 rings (SSSR count). The van der Waals surface area contributed by atoms with Gasteiger partial charge in [0.1, 0.15) is 11.6 Å². The van der Waals surface area contributed by atoms with E-state index in [1.807, 2.05) is 4.90 Å². The largest absolute Gasteiger partial charge is 0.346 e. The number of carbonyl (C=O) groups excluding carboxylic acids is 1. The first-order chi connectivity index (χ1) is 12.0. The average Bonchev–Trinajstić information content (AvgIpc) is 2.92. The third kappa shape index (κ3) is 3.07. The number of carbonyl (C=O) groups is 1. The summed E-state index contributed by atoms with van der Waals surface area (Å²) in [5, 5.41) is 3.53. The van der Waals surface area contributed by atoms with Gasteiger partial charge >= 0.3 is 0 Å². The molecule has 1 saturated heterocycles. The third-order valence-electron chi connectivity index (χ3n) is 4.30. The number of fused-ring (bicyclic) bond motifs is 1. The van der Waals surface area contributed by atoms with Gasteiger partial charge in [0.05, 0.1) is 16.1 Å². The van der Waals surface area contributed by atoms with Crippen molar-refractivity contribution in [3.05, 3.63) is 53.6 Å². The maximum Gasteiger partial charge on any atom is 0.231 e. The molecule has 0 bridgehead atoms. The number of hydrogen-bond acceptors (Lipinski definition) is 4. The molecule has 0 atom stereocenters. The molecule has 7 heteroatoms. The number of benzene rings is 2. The topological polar surface area (TPSA) is 45.2 Å². The lowest BCUT2D eigenvalue weighted by Crippen LogP contribution is -2.52. The lowest BCUT2D eigenvalue weighted by molar-refractivity contribution is -0.120. The molecule has 1 fully saturated rings. The van der Waals surface area contributed by atoms with Crippen molar-refractivity contribution in [2.45, 2.75) is 6.92 Å². The molecule has 0 saturated carbocycles. The number of hydrogen-bond donors (Lipinski definition) is 1. The van der Waals surface area contributed by atoms with E-state index in [4.69, 9.17) is 0 Å². The molecule has 4 nitrogen and oxygen atoms in total. The van der Waals surface area contributed by atoms with Crippen molar-refractivity contribution < 1.29 is 13.6 Å². The zero-order valence-electron chi connectivity index (χ0n) is 13.4. The molecule has 2 aromatic carbocycles. The van der Waals surface area contributed by atoms with E-state index in [0.717, 1.165) is 15.3 Å². The first kappa shape index (κ1) is 16.0. The quantitative estimate of drug-likeness (QED) is 0.770. The molecule has 1 aliphatic heterocycles. The van der Waals surface area contributed by atoms with E-state index in [2.05, 4.69) is 10.3 Å². The Kier molecular flexibility index (Phi) is 3.88. The maximum absolute atomic E-state index is 13.5. The fourth-order valence-electron chi connectivity index (χ4n) is 2.74. The minimum Gasteiger partial charge on any atom is -0.346 e. The number of aryl methyl sites for hydroxylation is 1. The fourth-order valence-corrected chi connectivity index (χ4v) is 3.75. The zero-order chi connectivity index (χ0) is 17.6. The molecule has 0 aliphatic carbocycles. The Morgan fingerprint density at radius 3 is 2.80 bits per heavy atom. The van der Waals surface area contributed by atoms with Crippen LogP contribution in [0.2, 0.25) is 0 Å². The molecular formula is C18H15F2N3OS. The van der Waals surface area contributed by atoms with Crippen LogP contribution in [-0.2, 0) is 4.79 Å². The first-order valence-corrected chi connectivity index (χ1v) is 8.69. The molecule has 1 aliphatic rings. The summed E-state index contributed by atoms with van der Waals surface area (Å²) in [5.41, 5.74) is 1.76. The second-order valence-electron chi connectivity index (χ2n) is 6.16. The first-order valence-electron chi connectivity index (χ1n) is 7.87. The molecule has 128 valence electrons. The van der Waals surface area contributed by atoms with E-state index in [0.29, 0.717) is 24.3 Å². The number of nitrogens with one attached hydrogen (secondary N) is 1. The molecule has 25 heavy (non-hydrogen) atoms. The van der Waals surface area contributed by atoms with Gasteiger partial charge in [-0.15, -0.1) is 0 Å². The van der Waals surface area contributed by atoms with Gasteiger partial charge in [-0.3, -0.25) is 4.79 Å². The normalized spacial score (nSPS) is 14.6. The van der Waals surface area contributed by atoms with Crippen molar-refractivity contribution in [3.8, 4) is 0 Å². The van der Waals surface area contributed by atoms with Gasteiger partial charge in [-0.05, 0) is 42.8 Å². The minimum absolute atomic E-state index is 0.133. The molecule has 1 N–H and O–H groups in total. The molecule has 0 spiro atoms. The van der Waals surface area contributed by atoms with Crippen LogP contribution in [0.3, 0.4) is 0 Å². The maximum atomic E-state index is 13.5. The number of nitrogens with zero attached hydrogens (tertiary/aromatic N) is 2. The van der Waals surface area contributed by atoms with Crippen molar-refractivity contribution in [2.24, 2.45) is 5.92 Å². The van der Waals surface area contributed by atoms with Crippen LogP contribution in [0, 0.1) is 24.5 Å². The molecule has 2 heterocycles. The SMILES string of the molecule is Cc1ccc(NC(=O)C2CN(c3nc4ccc(F)cc4s3)C2)cc1F. The Balaban J connectivity index is 1.40. The molecule has 0 unspecified atom stereocenters. The van der Waals surface area contributed by atoms with Gasteiger partial charge < -0.3 is 10.2 Å². The summed E-state index contributed by atoms with van der Waals surface area (Å²) < 4.78 is 27.6. The summed E-state index contributed by atoms with van der Waals surface area (Å²) in [4.78, 5) is 18.7. The number of aromatic nitrogens is 1. The lowest BCUT2D eigenvalue weighted by atomic mass is 10.00. The van der Waals surface area contributed by atoms with Crippen molar-refractivity contribution in [1.29, 1.82) is 0 Å². The lowest BCUT2D eigenvalue weighted by Gasteiger charge is -2.37. The third-order valence-corrected chi connectivity index (χ3v) is 5.38. The highest BCUT2D eigenvalue weighted by Crippen LogP contribution is 2.33. The average molecular weight is 359 g/mol. The van der Waals surface area contributed by atoms with E-state index < -0.39 is 0 Å². The number of thiazole rings is 1. The number of halogens is 2. The molecule has 3 aromatic rings. The number of anilines is 2. The van der Waals surface area contributed by atoms with Gasteiger partial charge in [-0.2, -0.15) is 0 Å². The van der Waals surface area contributed by atoms with Crippen LogP contribution < -0.4 is 10.2 Å². The molecule has 1 amide bonds. The fraction of sp³-hybridized carbons (Fsp3) is 0.222. The predicted octanol–water partition coefficient (Wildman–Crippen LogP) is 3.96. The van der Waals surface area contributed by atoms with E-state index >= 15 is 0 Å². The van der Waals surface area contributed by atoms with Crippen molar-refractivity contribution >= 4 is 38.3 Å². The smallest absolute Gasteiger partial charge is 0.231 e.